The average molecular weight is 427 g/mol. The predicted molar refractivity (Wildman–Crippen MR) is 125 cm³/mol. The van der Waals surface area contributed by atoms with E-state index in [4.69, 9.17) is 0 Å². The first-order valence-corrected chi connectivity index (χ1v) is 12.1. The van der Waals surface area contributed by atoms with Gasteiger partial charge in [0.15, 0.2) is 0 Å². The lowest BCUT2D eigenvalue weighted by Gasteiger charge is -2.35. The molecule has 3 nitrogen and oxygen atoms in total. The molecule has 0 saturated carbocycles. The number of carbonyl (C=O) groups excluding carboxylic acids is 1. The molecule has 1 aliphatic rings. The largest absolute Gasteiger partial charge is 0.299 e. The zero-order chi connectivity index (χ0) is 22.4. The quantitative estimate of drug-likeness (QED) is 0.263. The first-order valence-electron chi connectivity index (χ1n) is 10.6. The Bertz CT molecular complexity index is 988. The minimum atomic E-state index is -3.64. The number of carbonyl (C=O) groups is 1. The molecule has 0 saturated heterocycles. The van der Waals surface area contributed by atoms with Crippen molar-refractivity contribution in [2.75, 3.05) is 0 Å². The zero-order valence-electron chi connectivity index (χ0n) is 18.9. The number of benzene rings is 1. The third-order valence-electron chi connectivity index (χ3n) is 5.76. The molecule has 0 spiro atoms. The summed E-state index contributed by atoms with van der Waals surface area (Å²) in [7, 11) is -3.64. The fourth-order valence-electron chi connectivity index (χ4n) is 4.17. The van der Waals surface area contributed by atoms with Crippen LogP contribution < -0.4 is 0 Å². The summed E-state index contributed by atoms with van der Waals surface area (Å²) in [6, 6.07) is 8.70. The van der Waals surface area contributed by atoms with Crippen LogP contribution in [0.5, 0.6) is 0 Å². The second kappa shape index (κ2) is 10.2. The Kier molecular flexibility index (Phi) is 8.19. The summed E-state index contributed by atoms with van der Waals surface area (Å²) in [6.45, 7) is 10.2. The Hall–Kier alpha value is -2.20. The van der Waals surface area contributed by atoms with Gasteiger partial charge in [0, 0.05) is 0 Å². The lowest BCUT2D eigenvalue weighted by atomic mass is 9.72. The van der Waals surface area contributed by atoms with E-state index in [1.54, 1.807) is 30.3 Å². The van der Waals surface area contributed by atoms with Crippen molar-refractivity contribution in [3.8, 4) is 0 Å². The van der Waals surface area contributed by atoms with Gasteiger partial charge in [-0.15, -0.1) is 0 Å². The lowest BCUT2D eigenvalue weighted by molar-refractivity contribution is -0.104. The number of rotatable bonds is 8. The van der Waals surface area contributed by atoms with E-state index in [1.807, 2.05) is 32.1 Å². The highest BCUT2D eigenvalue weighted by Gasteiger charge is 2.36. The molecule has 162 valence electrons. The molecule has 0 heterocycles. The molecule has 0 bridgehead atoms. The molecule has 0 N–H and O–H groups in total. The van der Waals surface area contributed by atoms with Crippen LogP contribution in [0.15, 0.2) is 80.7 Å². The molecular weight excluding hydrogens is 392 g/mol. The van der Waals surface area contributed by atoms with E-state index < -0.39 is 9.84 Å². The summed E-state index contributed by atoms with van der Waals surface area (Å²) >= 11 is 0. The van der Waals surface area contributed by atoms with Crippen molar-refractivity contribution in [2.45, 2.75) is 71.6 Å². The van der Waals surface area contributed by atoms with Crippen LogP contribution in [0.3, 0.4) is 0 Å². The van der Waals surface area contributed by atoms with Crippen LogP contribution in [-0.4, -0.2) is 14.7 Å². The van der Waals surface area contributed by atoms with Crippen LogP contribution in [0.2, 0.25) is 0 Å². The standard InChI is InChI=1S/C26H34O3S/c1-20(16-18-27)11-9-12-21(2)19-24(25-22(3)13-10-17-26(25,4)5)30(28,29)23-14-7-6-8-15-23/h6-8,12,14-16,18-19H,9-11,13,17H2,1-5H3/b20-16+,21-12+,24-19-. The second-order valence-corrected chi connectivity index (χ2v) is 10.8. The second-order valence-electron chi connectivity index (χ2n) is 8.85. The Morgan fingerprint density at radius 2 is 1.80 bits per heavy atom. The number of hydrogen-bond acceptors (Lipinski definition) is 3. The van der Waals surface area contributed by atoms with Gasteiger partial charge in [0.05, 0.1) is 9.80 Å². The van der Waals surface area contributed by atoms with Gasteiger partial charge in [-0.1, -0.05) is 54.8 Å². The fraction of sp³-hybridized carbons (Fsp3) is 0.423. The van der Waals surface area contributed by atoms with Crippen LogP contribution in [0.4, 0.5) is 0 Å². The lowest BCUT2D eigenvalue weighted by Crippen LogP contribution is -2.25. The first-order chi connectivity index (χ1) is 14.1. The highest BCUT2D eigenvalue weighted by molar-refractivity contribution is 7.95. The molecule has 4 heteroatoms. The Morgan fingerprint density at radius 3 is 2.40 bits per heavy atom. The topological polar surface area (TPSA) is 51.2 Å². The Balaban J connectivity index is 2.56. The van der Waals surface area contributed by atoms with Crippen molar-refractivity contribution in [2.24, 2.45) is 5.41 Å². The maximum absolute atomic E-state index is 13.7. The number of hydrogen-bond donors (Lipinski definition) is 0. The van der Waals surface area contributed by atoms with Crippen LogP contribution in [0.1, 0.15) is 66.7 Å². The van der Waals surface area contributed by atoms with E-state index >= 15 is 0 Å². The number of sulfone groups is 1. The number of allylic oxidation sites excluding steroid dienone is 7. The highest BCUT2D eigenvalue weighted by Crippen LogP contribution is 2.46. The van der Waals surface area contributed by atoms with Crippen molar-refractivity contribution in [3.05, 3.63) is 75.8 Å². The van der Waals surface area contributed by atoms with E-state index in [0.29, 0.717) is 9.80 Å². The summed E-state index contributed by atoms with van der Waals surface area (Å²) in [5.41, 5.74) is 3.86. The van der Waals surface area contributed by atoms with Gasteiger partial charge in [0.25, 0.3) is 0 Å². The monoisotopic (exact) mass is 426 g/mol. The maximum Gasteiger partial charge on any atom is 0.206 e. The van der Waals surface area contributed by atoms with Crippen molar-refractivity contribution in [1.82, 2.24) is 0 Å². The molecule has 0 fully saturated rings. The molecule has 0 atom stereocenters. The SMILES string of the molecule is CC1=C(/C(=C/C(C)=C/CC/C(C)=C/C=O)S(=O)(=O)c2ccccc2)C(C)(C)CCC1. The van der Waals surface area contributed by atoms with Crippen LogP contribution in [0, 0.1) is 5.41 Å². The molecular formula is C26H34O3S. The molecule has 30 heavy (non-hydrogen) atoms. The van der Waals surface area contributed by atoms with Gasteiger partial charge < -0.3 is 0 Å². The molecule has 2 rings (SSSR count). The van der Waals surface area contributed by atoms with Crippen LogP contribution in [0.25, 0.3) is 0 Å². The van der Waals surface area contributed by atoms with Gasteiger partial charge in [-0.25, -0.2) is 8.42 Å². The molecule has 0 amide bonds. The summed E-state index contributed by atoms with van der Waals surface area (Å²) < 4.78 is 27.4. The Labute approximate surface area is 182 Å². The van der Waals surface area contributed by atoms with Crippen molar-refractivity contribution in [3.63, 3.8) is 0 Å². The van der Waals surface area contributed by atoms with Crippen molar-refractivity contribution >= 4 is 16.1 Å². The van der Waals surface area contributed by atoms with Crippen molar-refractivity contribution in [1.29, 1.82) is 0 Å². The molecule has 1 aromatic rings. The van der Waals surface area contributed by atoms with E-state index in [1.165, 1.54) is 0 Å². The van der Waals surface area contributed by atoms with Crippen LogP contribution >= 0.6 is 0 Å². The minimum absolute atomic E-state index is 0.195. The van der Waals surface area contributed by atoms with Gasteiger partial charge in [-0.3, -0.25) is 4.79 Å². The van der Waals surface area contributed by atoms with Crippen molar-refractivity contribution < 1.29 is 13.2 Å². The summed E-state index contributed by atoms with van der Waals surface area (Å²) in [4.78, 5) is 11.3. The number of aldehydes is 1. The van der Waals surface area contributed by atoms with Gasteiger partial charge >= 0.3 is 0 Å². The highest BCUT2D eigenvalue weighted by atomic mass is 32.2. The van der Waals surface area contributed by atoms with E-state index in [2.05, 4.69) is 20.8 Å². The van der Waals surface area contributed by atoms with Crippen LogP contribution in [-0.2, 0) is 14.6 Å². The zero-order valence-corrected chi connectivity index (χ0v) is 19.7. The van der Waals surface area contributed by atoms with E-state index in [9.17, 15) is 13.2 Å². The fourth-order valence-corrected chi connectivity index (χ4v) is 6.00. The van der Waals surface area contributed by atoms with E-state index in [-0.39, 0.29) is 5.41 Å². The third kappa shape index (κ3) is 5.91. The Morgan fingerprint density at radius 1 is 1.13 bits per heavy atom. The molecule has 0 aliphatic heterocycles. The van der Waals surface area contributed by atoms with Gasteiger partial charge in [0.2, 0.25) is 9.84 Å². The summed E-state index contributed by atoms with van der Waals surface area (Å²) in [5, 5.41) is 0. The minimum Gasteiger partial charge on any atom is -0.299 e. The molecule has 1 aromatic carbocycles. The molecule has 0 aromatic heterocycles. The summed E-state index contributed by atoms with van der Waals surface area (Å²) in [6.07, 6.45) is 10.8. The first kappa shape index (κ1) is 24.1. The third-order valence-corrected chi connectivity index (χ3v) is 7.56. The predicted octanol–water partition coefficient (Wildman–Crippen LogP) is 6.74. The molecule has 0 radical (unpaired) electrons. The normalized spacial score (nSPS) is 18.5. The maximum atomic E-state index is 13.7. The smallest absolute Gasteiger partial charge is 0.206 e. The van der Waals surface area contributed by atoms with E-state index in [0.717, 1.165) is 60.7 Å². The van der Waals surface area contributed by atoms with Gasteiger partial charge in [-0.2, -0.15) is 0 Å². The average Bonchev–Trinajstić information content (AvgIpc) is 2.67. The summed E-state index contributed by atoms with van der Waals surface area (Å²) in [5.74, 6) is 0. The molecule has 1 aliphatic carbocycles. The van der Waals surface area contributed by atoms with Gasteiger partial charge in [0.1, 0.15) is 6.29 Å². The molecule has 0 unspecified atom stereocenters. The van der Waals surface area contributed by atoms with Gasteiger partial charge in [-0.05, 0) is 88.1 Å².